The highest BCUT2D eigenvalue weighted by Gasteiger charge is 2.32. The number of nitrogens with zero attached hydrogens (tertiary/aromatic N) is 3. The minimum atomic E-state index is -1.27. The molecule has 1 N–H and O–H groups in total. The molecular formula is C14H12ClN3O3. The van der Waals surface area contributed by atoms with Gasteiger partial charge in [0.05, 0.1) is 18.8 Å². The summed E-state index contributed by atoms with van der Waals surface area (Å²) in [5, 5.41) is 9.61. The molecule has 0 saturated heterocycles. The first-order valence-corrected chi connectivity index (χ1v) is 6.69. The number of fused-ring (bicyclic) bond motifs is 1. The van der Waals surface area contributed by atoms with Crippen LogP contribution in [-0.4, -0.2) is 27.7 Å². The zero-order valence-electron chi connectivity index (χ0n) is 11.2. The number of hydrogen-bond donors (Lipinski definition) is 1. The topological polar surface area (TPSA) is 75.4 Å². The summed E-state index contributed by atoms with van der Waals surface area (Å²) in [5.74, 6) is -0.832. The molecule has 0 radical (unpaired) electrons. The maximum Gasteiger partial charge on any atom is 0.342 e. The summed E-state index contributed by atoms with van der Waals surface area (Å²) in [6.45, 7) is 0.322. The third-order valence-electron chi connectivity index (χ3n) is 3.66. The minimum absolute atomic E-state index is 0.150. The third-order valence-corrected chi connectivity index (χ3v) is 4.00. The highest BCUT2D eigenvalue weighted by Crippen LogP contribution is 2.34. The van der Waals surface area contributed by atoms with Gasteiger partial charge in [-0.2, -0.15) is 0 Å². The predicted molar refractivity (Wildman–Crippen MR) is 78.1 cm³/mol. The van der Waals surface area contributed by atoms with Crippen LogP contribution in [0.2, 0.25) is 5.02 Å². The van der Waals surface area contributed by atoms with Gasteiger partial charge in [-0.25, -0.2) is 9.78 Å². The molecule has 0 fully saturated rings. The van der Waals surface area contributed by atoms with Crippen molar-refractivity contribution in [3.05, 3.63) is 57.0 Å². The van der Waals surface area contributed by atoms with Gasteiger partial charge in [-0.05, 0) is 11.6 Å². The number of carbonyl (C=O) groups is 1. The van der Waals surface area contributed by atoms with Gasteiger partial charge in [-0.15, -0.1) is 0 Å². The van der Waals surface area contributed by atoms with Crippen LogP contribution < -0.4 is 10.5 Å². The number of likely N-dealkylation sites (N-methyl/N-ethyl adjacent to an activating group) is 1. The van der Waals surface area contributed by atoms with Gasteiger partial charge in [0.25, 0.3) is 5.56 Å². The zero-order chi connectivity index (χ0) is 15.1. The normalized spacial score (nSPS) is 16.9. The number of anilines is 1. The largest absolute Gasteiger partial charge is 0.477 e. The SMILES string of the molecule is CN1c2ncc(C(=O)O)c(=O)n2CC1c1ccccc1Cl. The summed E-state index contributed by atoms with van der Waals surface area (Å²) < 4.78 is 1.37. The minimum Gasteiger partial charge on any atom is -0.477 e. The second-order valence-electron chi connectivity index (χ2n) is 4.84. The van der Waals surface area contributed by atoms with E-state index in [4.69, 9.17) is 16.7 Å². The lowest BCUT2D eigenvalue weighted by atomic mass is 10.1. The number of carboxylic acids is 1. The molecule has 0 spiro atoms. The van der Waals surface area contributed by atoms with Crippen molar-refractivity contribution in [3.63, 3.8) is 0 Å². The summed E-state index contributed by atoms with van der Waals surface area (Å²) in [7, 11) is 1.81. The molecule has 1 unspecified atom stereocenters. The van der Waals surface area contributed by atoms with Crippen molar-refractivity contribution in [1.29, 1.82) is 0 Å². The first kappa shape index (κ1) is 13.6. The number of aromatic carboxylic acids is 1. The Morgan fingerprint density at radius 1 is 1.43 bits per heavy atom. The van der Waals surface area contributed by atoms with Gasteiger partial charge in [0.1, 0.15) is 5.56 Å². The maximum absolute atomic E-state index is 12.2. The van der Waals surface area contributed by atoms with E-state index in [1.807, 2.05) is 23.1 Å². The number of halogens is 1. The lowest BCUT2D eigenvalue weighted by molar-refractivity contribution is 0.0694. The van der Waals surface area contributed by atoms with E-state index in [-0.39, 0.29) is 11.6 Å². The monoisotopic (exact) mass is 305 g/mol. The van der Waals surface area contributed by atoms with E-state index in [0.717, 1.165) is 11.8 Å². The van der Waals surface area contributed by atoms with E-state index in [2.05, 4.69) is 4.98 Å². The lowest BCUT2D eigenvalue weighted by Crippen LogP contribution is -2.26. The molecule has 0 amide bonds. The van der Waals surface area contributed by atoms with Gasteiger partial charge in [0.2, 0.25) is 5.95 Å². The summed E-state index contributed by atoms with van der Waals surface area (Å²) in [4.78, 5) is 29.1. The smallest absolute Gasteiger partial charge is 0.342 e. The molecule has 1 aliphatic rings. The van der Waals surface area contributed by atoms with Crippen LogP contribution >= 0.6 is 11.6 Å². The van der Waals surface area contributed by atoms with Gasteiger partial charge < -0.3 is 10.0 Å². The predicted octanol–water partition coefficient (Wildman–Crippen LogP) is 1.79. The first-order valence-electron chi connectivity index (χ1n) is 6.31. The van der Waals surface area contributed by atoms with E-state index in [1.54, 1.807) is 13.1 Å². The molecule has 0 saturated carbocycles. The summed E-state index contributed by atoms with van der Waals surface area (Å²) in [5.41, 5.74) is 0.00399. The Kier molecular flexibility index (Phi) is 3.17. The zero-order valence-corrected chi connectivity index (χ0v) is 11.9. The van der Waals surface area contributed by atoms with E-state index in [1.165, 1.54) is 4.57 Å². The van der Waals surface area contributed by atoms with Crippen molar-refractivity contribution in [2.45, 2.75) is 12.6 Å². The first-order chi connectivity index (χ1) is 10.0. The fraction of sp³-hybridized carbons (Fsp3) is 0.214. The van der Waals surface area contributed by atoms with Crippen LogP contribution in [-0.2, 0) is 6.54 Å². The van der Waals surface area contributed by atoms with Gasteiger partial charge in [-0.3, -0.25) is 9.36 Å². The fourth-order valence-electron chi connectivity index (χ4n) is 2.56. The average Bonchev–Trinajstić information content (AvgIpc) is 2.78. The summed E-state index contributed by atoms with van der Waals surface area (Å²) in [6, 6.07) is 7.23. The highest BCUT2D eigenvalue weighted by atomic mass is 35.5. The molecule has 108 valence electrons. The van der Waals surface area contributed by atoms with Crippen molar-refractivity contribution in [3.8, 4) is 0 Å². The molecule has 6 nitrogen and oxygen atoms in total. The van der Waals surface area contributed by atoms with Gasteiger partial charge >= 0.3 is 5.97 Å². The maximum atomic E-state index is 12.2. The Bertz CT molecular complexity index is 787. The van der Waals surface area contributed by atoms with Crippen molar-refractivity contribution in [1.82, 2.24) is 9.55 Å². The number of carboxylic acid groups (broad SMARTS) is 1. The molecule has 0 aliphatic carbocycles. The second kappa shape index (κ2) is 4.89. The Morgan fingerprint density at radius 3 is 2.81 bits per heavy atom. The molecule has 7 heteroatoms. The van der Waals surface area contributed by atoms with Crippen LogP contribution in [0.15, 0.2) is 35.3 Å². The molecule has 0 bridgehead atoms. The second-order valence-corrected chi connectivity index (χ2v) is 5.25. The standard InChI is InChI=1S/C14H12ClN3O3/c1-17-11(8-4-2-3-5-10(8)15)7-18-12(19)9(13(20)21)6-16-14(17)18/h2-6,11H,7H2,1H3,(H,20,21). The Hall–Kier alpha value is -2.34. The quantitative estimate of drug-likeness (QED) is 0.915. The lowest BCUT2D eigenvalue weighted by Gasteiger charge is -2.21. The fourth-order valence-corrected chi connectivity index (χ4v) is 2.82. The summed E-state index contributed by atoms with van der Waals surface area (Å²) >= 11 is 6.21. The van der Waals surface area contributed by atoms with Crippen LogP contribution in [0, 0.1) is 0 Å². The molecule has 2 aromatic rings. The number of hydrogen-bond acceptors (Lipinski definition) is 4. The van der Waals surface area contributed by atoms with Crippen molar-refractivity contribution in [2.75, 3.05) is 11.9 Å². The number of aromatic nitrogens is 2. The molecule has 1 aromatic heterocycles. The molecule has 1 aromatic carbocycles. The van der Waals surface area contributed by atoms with Gasteiger partial charge in [-0.1, -0.05) is 29.8 Å². The van der Waals surface area contributed by atoms with E-state index in [0.29, 0.717) is 17.5 Å². The molecule has 1 aliphatic heterocycles. The molecule has 21 heavy (non-hydrogen) atoms. The van der Waals surface area contributed by atoms with Gasteiger partial charge in [0, 0.05) is 12.1 Å². The van der Waals surface area contributed by atoms with Gasteiger partial charge in [0.15, 0.2) is 0 Å². The van der Waals surface area contributed by atoms with Crippen LogP contribution in [0.4, 0.5) is 5.95 Å². The van der Waals surface area contributed by atoms with Crippen LogP contribution in [0.3, 0.4) is 0 Å². The number of rotatable bonds is 2. The van der Waals surface area contributed by atoms with Crippen molar-refractivity contribution in [2.24, 2.45) is 0 Å². The highest BCUT2D eigenvalue weighted by molar-refractivity contribution is 6.31. The Morgan fingerprint density at radius 2 is 2.14 bits per heavy atom. The summed E-state index contributed by atoms with van der Waals surface area (Å²) in [6.07, 6.45) is 1.10. The molecule has 3 rings (SSSR count). The van der Waals surface area contributed by atoms with Crippen LogP contribution in [0.1, 0.15) is 22.0 Å². The molecule has 1 atom stereocenters. The van der Waals surface area contributed by atoms with E-state index < -0.39 is 11.5 Å². The number of benzene rings is 1. The van der Waals surface area contributed by atoms with Crippen molar-refractivity contribution < 1.29 is 9.90 Å². The molecular weight excluding hydrogens is 294 g/mol. The average molecular weight is 306 g/mol. The van der Waals surface area contributed by atoms with E-state index in [9.17, 15) is 9.59 Å². The van der Waals surface area contributed by atoms with Crippen molar-refractivity contribution >= 4 is 23.5 Å². The van der Waals surface area contributed by atoms with E-state index >= 15 is 0 Å². The van der Waals surface area contributed by atoms with Crippen LogP contribution in [0.5, 0.6) is 0 Å². The third kappa shape index (κ3) is 2.08. The Labute approximate surface area is 125 Å². The molecule has 2 heterocycles. The Balaban J connectivity index is 2.09. The van der Waals surface area contributed by atoms with Crippen LogP contribution in [0.25, 0.3) is 0 Å².